The van der Waals surface area contributed by atoms with Crippen molar-refractivity contribution in [2.24, 2.45) is 16.0 Å². The van der Waals surface area contributed by atoms with Crippen LogP contribution in [-0.2, 0) is 4.79 Å². The lowest BCUT2D eigenvalue weighted by molar-refractivity contribution is -0.114. The van der Waals surface area contributed by atoms with Crippen molar-refractivity contribution in [1.82, 2.24) is 4.98 Å². The number of hydrogen-bond donors (Lipinski definition) is 3. The number of nitrogens with two attached hydrogens (primary N) is 2. The molecule has 1 aromatic carbocycles. The number of anilines is 2. The highest BCUT2D eigenvalue weighted by molar-refractivity contribution is 5.91. The maximum absolute atomic E-state index is 12.2. The number of esters is 1. The van der Waals surface area contributed by atoms with Gasteiger partial charge in [-0.05, 0) is 31.2 Å². The molecule has 0 unspecified atom stereocenters. The van der Waals surface area contributed by atoms with E-state index < -0.39 is 17.7 Å². The van der Waals surface area contributed by atoms with Gasteiger partial charge in [0.1, 0.15) is 17.2 Å². The van der Waals surface area contributed by atoms with Gasteiger partial charge in [0.2, 0.25) is 5.91 Å². The zero-order valence-corrected chi connectivity index (χ0v) is 15.6. The highest BCUT2D eigenvalue weighted by Crippen LogP contribution is 2.31. The van der Waals surface area contributed by atoms with Crippen LogP contribution in [0.25, 0.3) is 0 Å². The summed E-state index contributed by atoms with van der Waals surface area (Å²) in [5.41, 5.74) is 11.5. The van der Waals surface area contributed by atoms with Crippen molar-refractivity contribution >= 4 is 34.9 Å². The number of pyridine rings is 1. The zero-order chi connectivity index (χ0) is 21.7. The van der Waals surface area contributed by atoms with Gasteiger partial charge in [0.25, 0.3) is 5.76 Å². The number of aryl methyl sites for hydroxylation is 1. The molecule has 0 aliphatic carbocycles. The molecule has 0 radical (unpaired) electrons. The van der Waals surface area contributed by atoms with Gasteiger partial charge in [-0.15, -0.1) is 10.2 Å². The molecule has 2 aromatic heterocycles. The summed E-state index contributed by atoms with van der Waals surface area (Å²) in [6.45, 7) is 1.20. The average molecular weight is 412 g/mol. The van der Waals surface area contributed by atoms with Gasteiger partial charge in [-0.1, -0.05) is 12.1 Å². The molecule has 2 heterocycles. The van der Waals surface area contributed by atoms with E-state index in [1.165, 1.54) is 25.1 Å². The monoisotopic (exact) mass is 412 g/mol. The third-order valence-electron chi connectivity index (χ3n) is 3.62. The first-order valence-electron chi connectivity index (χ1n) is 8.47. The Labute approximate surface area is 168 Å². The molecule has 0 spiro atoms. The van der Waals surface area contributed by atoms with E-state index in [2.05, 4.69) is 29.4 Å². The van der Waals surface area contributed by atoms with Crippen molar-refractivity contribution in [3.05, 3.63) is 58.5 Å². The first-order valence-corrected chi connectivity index (χ1v) is 8.47. The molecule has 0 saturated carbocycles. The smallest absolute Gasteiger partial charge is 0.418 e. The van der Waals surface area contributed by atoms with E-state index in [1.54, 1.807) is 18.2 Å². The third kappa shape index (κ3) is 4.74. The fourth-order valence-corrected chi connectivity index (χ4v) is 2.23. The van der Waals surface area contributed by atoms with E-state index in [1.807, 2.05) is 0 Å². The van der Waals surface area contributed by atoms with Crippen molar-refractivity contribution in [3.63, 3.8) is 0 Å². The van der Waals surface area contributed by atoms with E-state index >= 15 is 0 Å². The Morgan fingerprint density at radius 3 is 2.53 bits per heavy atom. The largest absolute Gasteiger partial charge is 0.519 e. The van der Waals surface area contributed by atoms with Gasteiger partial charge in [0.15, 0.2) is 17.3 Å². The standard InChI is InChI=1S/C18H16N6O6/c1-9-15(30-18(27)28-9)17(26)29-12-5-3-2-4-10(12)23-24-11-6-7-13(22-16(11)20)21-14(25)8-19/h2-7H,8,19H2,1H3,(H3,20,21,22,25). The summed E-state index contributed by atoms with van der Waals surface area (Å²) < 4.78 is 14.5. The van der Waals surface area contributed by atoms with Crippen LogP contribution in [0.2, 0.25) is 0 Å². The number of benzene rings is 1. The summed E-state index contributed by atoms with van der Waals surface area (Å²) in [5.74, 6) is -2.43. The number of nitrogens with one attached hydrogen (secondary N) is 1. The van der Waals surface area contributed by atoms with Gasteiger partial charge in [-0.3, -0.25) is 4.79 Å². The lowest BCUT2D eigenvalue weighted by Gasteiger charge is -2.06. The molecule has 0 aliphatic heterocycles. The minimum atomic E-state index is -1.01. The number of nitrogens with zero attached hydrogens (tertiary/aromatic N) is 3. The van der Waals surface area contributed by atoms with Gasteiger partial charge in [-0.25, -0.2) is 14.6 Å². The first-order chi connectivity index (χ1) is 14.4. The van der Waals surface area contributed by atoms with Crippen LogP contribution in [0.5, 0.6) is 5.75 Å². The number of hydrogen-bond acceptors (Lipinski definition) is 11. The minimum absolute atomic E-state index is 0.00947. The van der Waals surface area contributed by atoms with Gasteiger partial charge in [0, 0.05) is 0 Å². The number of azo groups is 1. The summed E-state index contributed by atoms with van der Waals surface area (Å²) in [6, 6.07) is 9.27. The molecule has 1 amide bonds. The maximum atomic E-state index is 12.2. The quantitative estimate of drug-likeness (QED) is 0.309. The topological polar surface area (TPSA) is 188 Å². The molecular weight excluding hydrogens is 396 g/mol. The molecule has 12 nitrogen and oxygen atoms in total. The second-order valence-corrected chi connectivity index (χ2v) is 5.75. The highest BCUT2D eigenvalue weighted by atomic mass is 16.6. The maximum Gasteiger partial charge on any atom is 0.519 e. The lowest BCUT2D eigenvalue weighted by atomic mass is 10.3. The van der Waals surface area contributed by atoms with Crippen molar-refractivity contribution in [2.75, 3.05) is 17.6 Å². The Morgan fingerprint density at radius 2 is 1.87 bits per heavy atom. The molecule has 3 aromatic rings. The SMILES string of the molecule is Cc1oc(=O)oc1C(=O)Oc1ccccc1N=Nc1ccc(NC(=O)CN)nc1N. The Hall–Kier alpha value is -4.32. The van der Waals surface area contributed by atoms with Crippen LogP contribution in [0, 0.1) is 6.92 Å². The number of carbonyl (C=O) groups is 2. The van der Waals surface area contributed by atoms with E-state index in [9.17, 15) is 14.4 Å². The van der Waals surface area contributed by atoms with Gasteiger partial charge in [0.05, 0.1) is 6.54 Å². The second kappa shape index (κ2) is 8.79. The van der Waals surface area contributed by atoms with Crippen molar-refractivity contribution in [3.8, 4) is 5.75 Å². The molecule has 0 fully saturated rings. The fourth-order valence-electron chi connectivity index (χ4n) is 2.23. The Bertz CT molecular complexity index is 1180. The molecule has 12 heteroatoms. The third-order valence-corrected chi connectivity index (χ3v) is 3.62. The molecule has 0 saturated heterocycles. The highest BCUT2D eigenvalue weighted by Gasteiger charge is 2.21. The van der Waals surface area contributed by atoms with Crippen LogP contribution >= 0.6 is 0 Å². The van der Waals surface area contributed by atoms with E-state index in [4.69, 9.17) is 16.2 Å². The first kappa shape index (κ1) is 20.4. The normalized spacial score (nSPS) is 10.9. The molecular formula is C18H16N6O6. The summed E-state index contributed by atoms with van der Waals surface area (Å²) in [6.07, 6.45) is 0. The number of ether oxygens (including phenoxy) is 1. The van der Waals surface area contributed by atoms with E-state index in [0.29, 0.717) is 0 Å². The minimum Gasteiger partial charge on any atom is -0.418 e. The van der Waals surface area contributed by atoms with E-state index in [0.717, 1.165) is 0 Å². The predicted octanol–water partition coefficient (Wildman–Crippen LogP) is 2.05. The van der Waals surface area contributed by atoms with Crippen LogP contribution < -0.4 is 27.3 Å². The Morgan fingerprint density at radius 1 is 1.13 bits per heavy atom. The van der Waals surface area contributed by atoms with E-state index in [-0.39, 0.29) is 46.8 Å². The number of para-hydroxylation sites is 1. The fraction of sp³-hybridized carbons (Fsp3) is 0.111. The number of carbonyl (C=O) groups excluding carboxylic acids is 2. The molecule has 154 valence electrons. The van der Waals surface area contributed by atoms with Crippen LogP contribution in [0.4, 0.5) is 23.0 Å². The average Bonchev–Trinajstić information content (AvgIpc) is 3.06. The Kier molecular flexibility index (Phi) is 5.98. The molecule has 0 bridgehead atoms. The van der Waals surface area contributed by atoms with Crippen molar-refractivity contribution in [1.29, 1.82) is 0 Å². The second-order valence-electron chi connectivity index (χ2n) is 5.75. The Balaban J connectivity index is 1.80. The van der Waals surface area contributed by atoms with Gasteiger partial charge in [-0.2, -0.15) is 0 Å². The summed E-state index contributed by atoms with van der Waals surface area (Å²) in [5, 5.41) is 10.5. The molecule has 30 heavy (non-hydrogen) atoms. The van der Waals surface area contributed by atoms with Gasteiger partial charge >= 0.3 is 11.8 Å². The number of nitrogen functional groups attached to an aromatic ring is 1. The predicted molar refractivity (Wildman–Crippen MR) is 104 cm³/mol. The zero-order valence-electron chi connectivity index (χ0n) is 15.6. The van der Waals surface area contributed by atoms with Crippen LogP contribution in [0.1, 0.15) is 16.3 Å². The number of rotatable bonds is 6. The van der Waals surface area contributed by atoms with Crippen LogP contribution in [0.15, 0.2) is 60.3 Å². The van der Waals surface area contributed by atoms with Gasteiger partial charge < -0.3 is 30.4 Å². The molecule has 0 aliphatic rings. The number of aromatic nitrogens is 1. The van der Waals surface area contributed by atoms with Crippen molar-refractivity contribution < 1.29 is 23.2 Å². The molecule has 5 N–H and O–H groups in total. The lowest BCUT2D eigenvalue weighted by Crippen LogP contribution is -2.22. The number of amides is 1. The summed E-state index contributed by atoms with van der Waals surface area (Å²) >= 11 is 0. The van der Waals surface area contributed by atoms with Crippen LogP contribution in [0.3, 0.4) is 0 Å². The van der Waals surface area contributed by atoms with Crippen LogP contribution in [-0.4, -0.2) is 23.4 Å². The summed E-state index contributed by atoms with van der Waals surface area (Å²) in [7, 11) is 0. The summed E-state index contributed by atoms with van der Waals surface area (Å²) in [4.78, 5) is 38.6. The molecule has 0 atom stereocenters. The van der Waals surface area contributed by atoms with Crippen molar-refractivity contribution in [2.45, 2.75) is 6.92 Å². The molecule has 3 rings (SSSR count).